The number of hydrogen-bond acceptors (Lipinski definition) is 4. The third-order valence-electron chi connectivity index (χ3n) is 5.92. The highest BCUT2D eigenvalue weighted by molar-refractivity contribution is 8.00. The summed E-state index contributed by atoms with van der Waals surface area (Å²) in [5.74, 6) is 1.08. The SMILES string of the molecule is O=C(CSC1CCCC1)N1CCC(N2CCc3sccc3C2)CC1. The van der Waals surface area contributed by atoms with Crippen LogP contribution in [0.2, 0.25) is 0 Å². The standard InChI is InChI=1S/C19H28N2OS2/c22-19(14-24-17-3-1-2-4-17)20-9-5-16(6-10-20)21-11-7-18-15(13-21)8-12-23-18/h8,12,16-17H,1-7,9-11,13-14H2. The van der Waals surface area contributed by atoms with Gasteiger partial charge in [0.2, 0.25) is 5.91 Å². The van der Waals surface area contributed by atoms with Gasteiger partial charge >= 0.3 is 0 Å². The highest BCUT2D eigenvalue weighted by Gasteiger charge is 2.29. The monoisotopic (exact) mass is 364 g/mol. The molecule has 1 amide bonds. The summed E-state index contributed by atoms with van der Waals surface area (Å²) in [4.78, 5) is 18.8. The third-order valence-corrected chi connectivity index (χ3v) is 8.29. The van der Waals surface area contributed by atoms with Gasteiger partial charge in [0.1, 0.15) is 0 Å². The zero-order valence-corrected chi connectivity index (χ0v) is 16.0. The Labute approximate surface area is 153 Å². The number of rotatable bonds is 4. The number of thiophene rings is 1. The Kier molecular flexibility index (Phi) is 5.50. The zero-order chi connectivity index (χ0) is 16.4. The molecule has 132 valence electrons. The van der Waals surface area contributed by atoms with Gasteiger partial charge in [-0.1, -0.05) is 12.8 Å². The lowest BCUT2D eigenvalue weighted by atomic mass is 9.99. The van der Waals surface area contributed by atoms with Gasteiger partial charge in [-0.3, -0.25) is 9.69 Å². The van der Waals surface area contributed by atoms with Crippen molar-refractivity contribution in [1.82, 2.24) is 9.80 Å². The van der Waals surface area contributed by atoms with E-state index >= 15 is 0 Å². The van der Waals surface area contributed by atoms with E-state index in [-0.39, 0.29) is 0 Å². The zero-order valence-electron chi connectivity index (χ0n) is 14.4. The molecule has 4 rings (SSSR count). The molecule has 1 saturated heterocycles. The molecule has 0 N–H and O–H groups in total. The lowest BCUT2D eigenvalue weighted by Gasteiger charge is -2.40. The Morgan fingerprint density at radius 3 is 2.75 bits per heavy atom. The predicted molar refractivity (Wildman–Crippen MR) is 103 cm³/mol. The molecule has 5 heteroatoms. The molecule has 1 aromatic heterocycles. The van der Waals surface area contributed by atoms with Gasteiger partial charge in [-0.2, -0.15) is 0 Å². The number of hydrogen-bond donors (Lipinski definition) is 0. The van der Waals surface area contributed by atoms with Crippen LogP contribution in [0.4, 0.5) is 0 Å². The second kappa shape index (κ2) is 7.79. The van der Waals surface area contributed by atoms with Crippen LogP contribution in [-0.4, -0.2) is 52.4 Å². The van der Waals surface area contributed by atoms with Crippen LogP contribution in [0.15, 0.2) is 11.4 Å². The van der Waals surface area contributed by atoms with Gasteiger partial charge in [-0.05, 0) is 49.1 Å². The second-order valence-electron chi connectivity index (χ2n) is 7.42. The summed E-state index contributed by atoms with van der Waals surface area (Å²) in [5.41, 5.74) is 1.54. The number of piperidine rings is 1. The maximum absolute atomic E-state index is 12.5. The van der Waals surface area contributed by atoms with Crippen LogP contribution in [-0.2, 0) is 17.8 Å². The van der Waals surface area contributed by atoms with Crippen LogP contribution in [0.25, 0.3) is 0 Å². The first-order valence-electron chi connectivity index (χ1n) is 9.48. The van der Waals surface area contributed by atoms with E-state index < -0.39 is 0 Å². The summed E-state index contributed by atoms with van der Waals surface area (Å²) >= 11 is 3.82. The summed E-state index contributed by atoms with van der Waals surface area (Å²) in [6, 6.07) is 2.97. The summed E-state index contributed by atoms with van der Waals surface area (Å²) in [6.45, 7) is 4.24. The molecule has 0 bridgehead atoms. The molecule has 3 aliphatic rings. The second-order valence-corrected chi connectivity index (χ2v) is 9.71. The molecule has 2 fully saturated rings. The summed E-state index contributed by atoms with van der Waals surface area (Å²) in [7, 11) is 0. The van der Waals surface area contributed by atoms with E-state index in [0.29, 0.717) is 17.7 Å². The molecular formula is C19H28N2OS2. The average Bonchev–Trinajstić information content (AvgIpc) is 3.30. The van der Waals surface area contributed by atoms with Crippen molar-refractivity contribution in [2.24, 2.45) is 0 Å². The van der Waals surface area contributed by atoms with Crippen molar-refractivity contribution in [3.63, 3.8) is 0 Å². The van der Waals surface area contributed by atoms with Gasteiger partial charge in [-0.15, -0.1) is 23.1 Å². The van der Waals surface area contributed by atoms with Crippen molar-refractivity contribution in [3.05, 3.63) is 21.9 Å². The van der Waals surface area contributed by atoms with Crippen molar-refractivity contribution in [2.75, 3.05) is 25.4 Å². The average molecular weight is 365 g/mol. The number of carbonyl (C=O) groups is 1. The Balaban J connectivity index is 1.22. The Morgan fingerprint density at radius 1 is 1.17 bits per heavy atom. The molecule has 1 aromatic rings. The molecule has 1 aliphatic carbocycles. The molecular weight excluding hydrogens is 336 g/mol. The Morgan fingerprint density at radius 2 is 1.96 bits per heavy atom. The Bertz CT molecular complexity index is 559. The van der Waals surface area contributed by atoms with Gasteiger partial charge in [0, 0.05) is 42.3 Å². The quantitative estimate of drug-likeness (QED) is 0.812. The Hall–Kier alpha value is -0.520. The fraction of sp³-hybridized carbons (Fsp3) is 0.737. The summed E-state index contributed by atoms with van der Waals surface area (Å²) in [5, 5.41) is 2.98. The lowest BCUT2D eigenvalue weighted by molar-refractivity contribution is -0.130. The number of nitrogens with zero attached hydrogens (tertiary/aromatic N) is 2. The van der Waals surface area contributed by atoms with E-state index in [2.05, 4.69) is 21.2 Å². The maximum Gasteiger partial charge on any atom is 0.232 e. The van der Waals surface area contributed by atoms with Crippen molar-refractivity contribution in [2.45, 2.75) is 62.8 Å². The maximum atomic E-state index is 12.5. The van der Waals surface area contributed by atoms with Crippen LogP contribution >= 0.6 is 23.1 Å². The van der Waals surface area contributed by atoms with Gasteiger partial charge in [0.05, 0.1) is 5.75 Å². The van der Waals surface area contributed by atoms with E-state index in [1.807, 2.05) is 23.1 Å². The van der Waals surface area contributed by atoms with E-state index in [1.165, 1.54) is 44.2 Å². The first-order chi connectivity index (χ1) is 11.8. The van der Waals surface area contributed by atoms with E-state index in [0.717, 1.165) is 37.7 Å². The topological polar surface area (TPSA) is 23.6 Å². The predicted octanol–water partition coefficient (Wildman–Crippen LogP) is 3.77. The molecule has 0 spiro atoms. The van der Waals surface area contributed by atoms with Crippen LogP contribution < -0.4 is 0 Å². The summed E-state index contributed by atoms with van der Waals surface area (Å²) < 4.78 is 0. The van der Waals surface area contributed by atoms with Gasteiger partial charge in [-0.25, -0.2) is 0 Å². The summed E-state index contributed by atoms with van der Waals surface area (Å²) in [6.07, 6.45) is 8.87. The van der Waals surface area contributed by atoms with Gasteiger partial charge in [0.25, 0.3) is 0 Å². The van der Waals surface area contributed by atoms with Crippen LogP contribution in [0.1, 0.15) is 49.0 Å². The normalized spacial score (nSPS) is 23.6. The molecule has 0 atom stereocenters. The number of likely N-dealkylation sites (tertiary alicyclic amines) is 1. The molecule has 1 saturated carbocycles. The smallest absolute Gasteiger partial charge is 0.232 e. The minimum absolute atomic E-state index is 0.379. The first kappa shape index (κ1) is 16.9. The van der Waals surface area contributed by atoms with Crippen molar-refractivity contribution >= 4 is 29.0 Å². The fourth-order valence-electron chi connectivity index (χ4n) is 4.40. The molecule has 0 radical (unpaired) electrons. The van der Waals surface area contributed by atoms with Crippen molar-refractivity contribution < 1.29 is 4.79 Å². The van der Waals surface area contributed by atoms with Crippen LogP contribution in [0.3, 0.4) is 0 Å². The highest BCUT2D eigenvalue weighted by Crippen LogP contribution is 2.30. The van der Waals surface area contributed by atoms with Crippen LogP contribution in [0, 0.1) is 0 Å². The third kappa shape index (κ3) is 3.83. The number of fused-ring (bicyclic) bond motifs is 1. The van der Waals surface area contributed by atoms with Crippen molar-refractivity contribution in [3.8, 4) is 0 Å². The van der Waals surface area contributed by atoms with Gasteiger partial charge in [0.15, 0.2) is 0 Å². The van der Waals surface area contributed by atoms with E-state index in [4.69, 9.17) is 0 Å². The van der Waals surface area contributed by atoms with Crippen LogP contribution in [0.5, 0.6) is 0 Å². The highest BCUT2D eigenvalue weighted by atomic mass is 32.2. The molecule has 3 heterocycles. The molecule has 0 unspecified atom stereocenters. The molecule has 3 nitrogen and oxygen atoms in total. The molecule has 24 heavy (non-hydrogen) atoms. The van der Waals surface area contributed by atoms with Gasteiger partial charge < -0.3 is 4.90 Å². The minimum Gasteiger partial charge on any atom is -0.342 e. The fourth-order valence-corrected chi connectivity index (χ4v) is 6.52. The number of carbonyl (C=O) groups excluding carboxylic acids is 1. The minimum atomic E-state index is 0.379. The molecule has 0 aromatic carbocycles. The van der Waals surface area contributed by atoms with E-state index in [1.54, 1.807) is 4.88 Å². The van der Waals surface area contributed by atoms with Crippen molar-refractivity contribution in [1.29, 1.82) is 0 Å². The number of thioether (sulfide) groups is 1. The first-order valence-corrected chi connectivity index (χ1v) is 11.4. The lowest BCUT2D eigenvalue weighted by Crippen LogP contribution is -2.48. The largest absolute Gasteiger partial charge is 0.342 e. The molecule has 2 aliphatic heterocycles. The number of amides is 1. The van der Waals surface area contributed by atoms with E-state index in [9.17, 15) is 4.79 Å².